The van der Waals surface area contributed by atoms with Crippen LogP contribution in [0.25, 0.3) is 0 Å². The van der Waals surface area contributed by atoms with E-state index in [4.69, 9.17) is 20.7 Å². The van der Waals surface area contributed by atoms with Gasteiger partial charge in [0.25, 0.3) is 0 Å². The van der Waals surface area contributed by atoms with Crippen LogP contribution in [0, 0.1) is 17.8 Å². The normalized spacial score (nSPS) is 24.1. The third kappa shape index (κ3) is 3.53. The lowest BCUT2D eigenvalue weighted by atomic mass is 10.1. The first kappa shape index (κ1) is 15.8. The third-order valence-electron chi connectivity index (χ3n) is 3.64. The lowest BCUT2D eigenvalue weighted by Gasteiger charge is -2.07. The standard InChI is InChI=1S/C14H16N2O6/c15-11(13(19)20)9-8(10(9)12(17)18)6-22-14(21)16-7-4-2-1-3-5-7/h1-5,8-11H,6,15H2,(H,16,21)(H,17,18)(H,19,20)/t8-,9+,10+,11+/m0/s1. The molecule has 4 atom stereocenters. The zero-order valence-corrected chi connectivity index (χ0v) is 11.5. The number of aliphatic carboxylic acids is 2. The number of carbonyl (C=O) groups is 3. The number of ether oxygens (including phenoxy) is 1. The van der Waals surface area contributed by atoms with Gasteiger partial charge in [0.15, 0.2) is 0 Å². The van der Waals surface area contributed by atoms with Crippen molar-refractivity contribution in [2.45, 2.75) is 6.04 Å². The summed E-state index contributed by atoms with van der Waals surface area (Å²) in [5, 5.41) is 20.3. The van der Waals surface area contributed by atoms with Crippen molar-refractivity contribution in [2.75, 3.05) is 11.9 Å². The molecule has 0 heterocycles. The maximum absolute atomic E-state index is 11.6. The van der Waals surface area contributed by atoms with Gasteiger partial charge in [-0.25, -0.2) is 4.79 Å². The van der Waals surface area contributed by atoms with Crippen LogP contribution in [0.4, 0.5) is 10.5 Å². The fourth-order valence-corrected chi connectivity index (χ4v) is 2.46. The molecule has 1 amide bonds. The molecule has 1 aromatic rings. The minimum atomic E-state index is -1.29. The molecule has 0 aromatic heterocycles. The summed E-state index contributed by atoms with van der Waals surface area (Å²) in [5.74, 6) is -4.65. The van der Waals surface area contributed by atoms with Crippen LogP contribution < -0.4 is 11.1 Å². The number of nitrogens with two attached hydrogens (primary N) is 1. The Morgan fingerprint density at radius 3 is 2.41 bits per heavy atom. The lowest BCUT2D eigenvalue weighted by molar-refractivity contribution is -0.140. The van der Waals surface area contributed by atoms with Crippen molar-refractivity contribution in [1.82, 2.24) is 0 Å². The molecule has 8 nitrogen and oxygen atoms in total. The Labute approximate surface area is 125 Å². The maximum Gasteiger partial charge on any atom is 0.411 e. The molecule has 1 aliphatic carbocycles. The van der Waals surface area contributed by atoms with E-state index in [0.717, 1.165) is 0 Å². The molecule has 0 saturated heterocycles. The topological polar surface area (TPSA) is 139 Å². The quantitative estimate of drug-likeness (QED) is 0.603. The molecule has 0 unspecified atom stereocenters. The number of anilines is 1. The molecule has 1 aromatic carbocycles. The van der Waals surface area contributed by atoms with Crippen LogP contribution in [-0.4, -0.2) is 40.9 Å². The van der Waals surface area contributed by atoms with Crippen LogP contribution in [0.15, 0.2) is 30.3 Å². The van der Waals surface area contributed by atoms with Gasteiger partial charge < -0.3 is 20.7 Å². The van der Waals surface area contributed by atoms with Crippen LogP contribution in [0.2, 0.25) is 0 Å². The molecule has 0 spiro atoms. The first-order chi connectivity index (χ1) is 10.4. The monoisotopic (exact) mass is 308 g/mol. The summed E-state index contributed by atoms with van der Waals surface area (Å²) >= 11 is 0. The molecule has 5 N–H and O–H groups in total. The van der Waals surface area contributed by atoms with Crippen LogP contribution >= 0.6 is 0 Å². The van der Waals surface area contributed by atoms with Crippen molar-refractivity contribution in [1.29, 1.82) is 0 Å². The van der Waals surface area contributed by atoms with Crippen LogP contribution in [0.1, 0.15) is 0 Å². The lowest BCUT2D eigenvalue weighted by Crippen LogP contribution is -2.34. The van der Waals surface area contributed by atoms with Gasteiger partial charge in [0, 0.05) is 17.5 Å². The predicted octanol–water partition coefficient (Wildman–Crippen LogP) is 0.594. The minimum absolute atomic E-state index is 0.193. The molecule has 0 radical (unpaired) electrons. The van der Waals surface area contributed by atoms with Crippen molar-refractivity contribution in [3.8, 4) is 0 Å². The van der Waals surface area contributed by atoms with Crippen LogP contribution in [0.5, 0.6) is 0 Å². The Morgan fingerprint density at radius 1 is 1.23 bits per heavy atom. The van der Waals surface area contributed by atoms with E-state index in [2.05, 4.69) is 5.32 Å². The highest BCUT2D eigenvalue weighted by Gasteiger charge is 2.60. The Balaban J connectivity index is 1.86. The predicted molar refractivity (Wildman–Crippen MR) is 75.1 cm³/mol. The Kier molecular flexibility index (Phi) is 4.62. The number of nitrogens with one attached hydrogen (secondary N) is 1. The minimum Gasteiger partial charge on any atom is -0.481 e. The van der Waals surface area contributed by atoms with E-state index in [9.17, 15) is 14.4 Å². The van der Waals surface area contributed by atoms with Crippen molar-refractivity contribution >= 4 is 23.7 Å². The van der Waals surface area contributed by atoms with Crippen molar-refractivity contribution in [3.05, 3.63) is 30.3 Å². The number of carboxylic acids is 2. The van der Waals surface area contributed by atoms with E-state index in [1.807, 2.05) is 0 Å². The molecule has 8 heteroatoms. The van der Waals surface area contributed by atoms with E-state index in [1.165, 1.54) is 0 Å². The highest BCUT2D eigenvalue weighted by molar-refractivity contribution is 5.84. The Hall–Kier alpha value is -2.61. The fraction of sp³-hybridized carbons (Fsp3) is 0.357. The first-order valence-electron chi connectivity index (χ1n) is 6.62. The van der Waals surface area contributed by atoms with Crippen LogP contribution in [0.3, 0.4) is 0 Å². The summed E-state index contributed by atoms with van der Waals surface area (Å²) in [4.78, 5) is 33.5. The summed E-state index contributed by atoms with van der Waals surface area (Å²) in [5.41, 5.74) is 5.99. The second-order valence-corrected chi connectivity index (χ2v) is 5.06. The third-order valence-corrected chi connectivity index (χ3v) is 3.64. The average Bonchev–Trinajstić information content (AvgIpc) is 3.19. The van der Waals surface area contributed by atoms with E-state index in [-0.39, 0.29) is 6.61 Å². The number of amides is 1. The van der Waals surface area contributed by atoms with Gasteiger partial charge >= 0.3 is 18.0 Å². The van der Waals surface area contributed by atoms with Gasteiger partial charge in [-0.15, -0.1) is 0 Å². The number of benzene rings is 1. The summed E-state index contributed by atoms with van der Waals surface area (Å²) in [6, 6.07) is 7.31. The summed E-state index contributed by atoms with van der Waals surface area (Å²) in [6.45, 7) is -0.193. The van der Waals surface area contributed by atoms with E-state index in [1.54, 1.807) is 30.3 Å². The molecule has 1 fully saturated rings. The van der Waals surface area contributed by atoms with Gasteiger partial charge in [-0.05, 0) is 12.1 Å². The smallest absolute Gasteiger partial charge is 0.411 e. The van der Waals surface area contributed by atoms with E-state index >= 15 is 0 Å². The molecule has 0 aliphatic heterocycles. The SMILES string of the molecule is N[C@@H](C(=O)O)[C@@H]1[C@H](COC(=O)Nc2ccccc2)[C@H]1C(=O)O. The zero-order valence-electron chi connectivity index (χ0n) is 11.5. The van der Waals surface area contributed by atoms with E-state index < -0.39 is 41.8 Å². The van der Waals surface area contributed by atoms with Crippen LogP contribution in [-0.2, 0) is 14.3 Å². The Morgan fingerprint density at radius 2 is 1.86 bits per heavy atom. The van der Waals surface area contributed by atoms with Gasteiger partial charge in [0.05, 0.1) is 12.5 Å². The first-order valence-corrected chi connectivity index (χ1v) is 6.62. The largest absolute Gasteiger partial charge is 0.481 e. The van der Waals surface area contributed by atoms with E-state index in [0.29, 0.717) is 5.69 Å². The molecule has 1 aliphatic rings. The number of para-hydroxylation sites is 1. The van der Waals surface area contributed by atoms with Gasteiger partial charge in [-0.2, -0.15) is 0 Å². The molecular formula is C14H16N2O6. The highest BCUT2D eigenvalue weighted by Crippen LogP contribution is 2.48. The van der Waals surface area contributed by atoms with Gasteiger partial charge in [0.2, 0.25) is 0 Å². The molecule has 2 rings (SSSR count). The summed E-state index contributed by atoms with van der Waals surface area (Å²) in [7, 11) is 0. The second kappa shape index (κ2) is 6.44. The van der Waals surface area contributed by atoms with Gasteiger partial charge in [-0.1, -0.05) is 18.2 Å². The zero-order chi connectivity index (χ0) is 16.3. The maximum atomic E-state index is 11.6. The number of hydrogen-bond donors (Lipinski definition) is 4. The molecule has 22 heavy (non-hydrogen) atoms. The molecule has 1 saturated carbocycles. The van der Waals surface area contributed by atoms with Crippen molar-refractivity contribution in [2.24, 2.45) is 23.5 Å². The van der Waals surface area contributed by atoms with Crippen molar-refractivity contribution < 1.29 is 29.3 Å². The number of carbonyl (C=O) groups excluding carboxylic acids is 1. The number of carboxylic acid groups (broad SMARTS) is 2. The number of hydrogen-bond acceptors (Lipinski definition) is 5. The number of rotatable bonds is 6. The van der Waals surface area contributed by atoms with Crippen molar-refractivity contribution in [3.63, 3.8) is 0 Å². The molecular weight excluding hydrogens is 292 g/mol. The highest BCUT2D eigenvalue weighted by atomic mass is 16.5. The average molecular weight is 308 g/mol. The molecule has 118 valence electrons. The van der Waals surface area contributed by atoms with Gasteiger partial charge in [-0.3, -0.25) is 14.9 Å². The Bertz CT molecular complexity index is 576. The second-order valence-electron chi connectivity index (χ2n) is 5.06. The fourth-order valence-electron chi connectivity index (χ4n) is 2.46. The summed E-state index contributed by atoms with van der Waals surface area (Å²) in [6.07, 6.45) is -0.732. The summed E-state index contributed by atoms with van der Waals surface area (Å²) < 4.78 is 4.95. The molecule has 0 bridgehead atoms. The van der Waals surface area contributed by atoms with Gasteiger partial charge in [0.1, 0.15) is 6.04 Å².